The van der Waals surface area contributed by atoms with Gasteiger partial charge in [-0.25, -0.2) is 31.9 Å². The van der Waals surface area contributed by atoms with Gasteiger partial charge in [0.15, 0.2) is 0 Å². The third-order valence-electron chi connectivity index (χ3n) is 7.27. The van der Waals surface area contributed by atoms with Crippen LogP contribution >= 0.6 is 0 Å². The van der Waals surface area contributed by atoms with E-state index in [9.17, 15) is 40.7 Å². The molecule has 0 spiro atoms. The van der Waals surface area contributed by atoms with Gasteiger partial charge in [0.25, 0.3) is 5.67 Å². The van der Waals surface area contributed by atoms with Crippen LogP contribution in [0, 0.1) is 5.92 Å². The average molecular weight is 841 g/mol. The van der Waals surface area contributed by atoms with E-state index in [2.05, 4.69) is 48.2 Å². The van der Waals surface area contributed by atoms with Crippen molar-refractivity contribution in [2.75, 3.05) is 26.4 Å². The standard InChI is InChI=1S/C30H32F16O9/c1-15(2)19(47)50-10-7-23(32,33)53-14-18-13-22(31,29(43,44)54-24(34,35)8-11-51-20(48)16(3)4)28(41,42)27(40,26(18,38)39)30(45,46)55-25(36,37)9-12-52-21(49)17(5)6/h18H,1,3,5,7-14H2,2,4,6H3. The van der Waals surface area contributed by atoms with Gasteiger partial charge in [0.05, 0.1) is 51.6 Å². The molecule has 0 radical (unpaired) electrons. The van der Waals surface area contributed by atoms with E-state index in [4.69, 9.17) is 0 Å². The van der Waals surface area contributed by atoms with E-state index in [0.29, 0.717) is 0 Å². The van der Waals surface area contributed by atoms with Gasteiger partial charge in [0.1, 0.15) is 0 Å². The quantitative estimate of drug-likeness (QED) is 0.0489. The SMILES string of the molecule is C=C(C)C(=O)OCCC(F)(F)OCC1CC(F)(C(F)(F)OC(F)(F)CCOC(=O)C(=C)C)C(F)(F)C(F)(C(F)(F)OC(F)(F)CCOC(=O)C(=C)C)C1(F)F. The third-order valence-corrected chi connectivity index (χ3v) is 7.27. The minimum absolute atomic E-state index is 0.381. The van der Waals surface area contributed by atoms with E-state index < -0.39 is 141 Å². The number of rotatable bonds is 21. The second-order valence-electron chi connectivity index (χ2n) is 12.0. The molecule has 25 heteroatoms. The molecular formula is C30H32F16O9. The Morgan fingerprint density at radius 2 is 0.909 bits per heavy atom. The van der Waals surface area contributed by atoms with Crippen molar-refractivity contribution >= 4 is 17.9 Å². The molecule has 318 valence electrons. The zero-order valence-electron chi connectivity index (χ0n) is 28.6. The highest BCUT2D eigenvalue weighted by atomic mass is 19.3. The van der Waals surface area contributed by atoms with Gasteiger partial charge >= 0.3 is 66.0 Å². The number of halogens is 16. The summed E-state index contributed by atoms with van der Waals surface area (Å²) in [5, 5.41) is 0. The lowest BCUT2D eigenvalue weighted by Crippen LogP contribution is -2.82. The summed E-state index contributed by atoms with van der Waals surface area (Å²) < 4.78 is 262. The molecule has 55 heavy (non-hydrogen) atoms. The van der Waals surface area contributed by atoms with Crippen molar-refractivity contribution in [1.82, 2.24) is 0 Å². The molecule has 0 aromatic rings. The zero-order valence-corrected chi connectivity index (χ0v) is 28.6. The summed E-state index contributed by atoms with van der Waals surface area (Å²) in [6, 6.07) is 0. The number of carbonyl (C=O) groups excluding carboxylic acids is 3. The van der Waals surface area contributed by atoms with Crippen molar-refractivity contribution < 1.29 is 113 Å². The maximum absolute atomic E-state index is 16.1. The molecule has 1 saturated carbocycles. The van der Waals surface area contributed by atoms with E-state index in [1.807, 2.05) is 0 Å². The van der Waals surface area contributed by atoms with Crippen LogP contribution < -0.4 is 0 Å². The molecule has 0 bridgehead atoms. The molecule has 0 amide bonds. The number of ether oxygens (including phenoxy) is 6. The molecular weight excluding hydrogens is 808 g/mol. The highest BCUT2D eigenvalue weighted by Gasteiger charge is 2.96. The summed E-state index contributed by atoms with van der Waals surface area (Å²) in [6.07, 6.45) is -41.4. The van der Waals surface area contributed by atoms with Crippen LogP contribution in [0.5, 0.6) is 0 Å². The second-order valence-corrected chi connectivity index (χ2v) is 12.0. The Bertz CT molecular complexity index is 1470. The molecule has 0 N–H and O–H groups in total. The van der Waals surface area contributed by atoms with Crippen molar-refractivity contribution in [1.29, 1.82) is 0 Å². The van der Waals surface area contributed by atoms with Crippen LogP contribution in [0.4, 0.5) is 70.2 Å². The lowest BCUT2D eigenvalue weighted by atomic mass is 9.64. The summed E-state index contributed by atoms with van der Waals surface area (Å²) in [5.74, 6) is -23.6. The summed E-state index contributed by atoms with van der Waals surface area (Å²) in [5.41, 5.74) is -16.2. The van der Waals surface area contributed by atoms with Gasteiger partial charge in [-0.1, -0.05) is 19.7 Å². The van der Waals surface area contributed by atoms with Crippen LogP contribution in [0.2, 0.25) is 0 Å². The largest absolute Gasteiger partial charge is 0.462 e. The van der Waals surface area contributed by atoms with E-state index in [1.165, 1.54) is 0 Å². The lowest BCUT2D eigenvalue weighted by Gasteiger charge is -2.55. The Balaban J connectivity index is 3.76. The van der Waals surface area contributed by atoms with E-state index >= 15 is 43.9 Å². The fraction of sp³-hybridized carbons (Fsp3) is 0.700. The number of hydrogen-bond acceptors (Lipinski definition) is 9. The molecule has 3 atom stereocenters. The monoisotopic (exact) mass is 840 g/mol. The van der Waals surface area contributed by atoms with Crippen molar-refractivity contribution in [3.8, 4) is 0 Å². The number of carbonyl (C=O) groups is 3. The van der Waals surface area contributed by atoms with E-state index in [0.717, 1.165) is 20.8 Å². The zero-order chi connectivity index (χ0) is 43.4. The molecule has 0 aliphatic heterocycles. The number of esters is 3. The topological polar surface area (TPSA) is 107 Å². The molecule has 0 aromatic heterocycles. The van der Waals surface area contributed by atoms with Crippen LogP contribution in [-0.4, -0.2) is 98.1 Å². The molecule has 3 unspecified atom stereocenters. The molecule has 0 aromatic carbocycles. The average Bonchev–Trinajstić information content (AvgIpc) is 2.99. The Labute approximate surface area is 300 Å². The fourth-order valence-electron chi connectivity index (χ4n) is 4.28. The van der Waals surface area contributed by atoms with Crippen LogP contribution in [0.3, 0.4) is 0 Å². The molecule has 9 nitrogen and oxygen atoms in total. The first kappa shape index (κ1) is 49.4. The van der Waals surface area contributed by atoms with Gasteiger partial charge in [-0.3, -0.25) is 9.47 Å². The van der Waals surface area contributed by atoms with Crippen LogP contribution in [0.15, 0.2) is 36.5 Å². The maximum atomic E-state index is 16.1. The molecule has 1 rings (SSSR count). The first-order valence-corrected chi connectivity index (χ1v) is 15.0. The predicted molar refractivity (Wildman–Crippen MR) is 150 cm³/mol. The normalized spacial score (nSPS) is 23.1. The van der Waals surface area contributed by atoms with Crippen molar-refractivity contribution in [2.24, 2.45) is 5.92 Å². The van der Waals surface area contributed by atoms with Crippen LogP contribution in [-0.2, 0) is 42.8 Å². The first-order valence-electron chi connectivity index (χ1n) is 15.0. The maximum Gasteiger partial charge on any atom is 0.406 e. The Morgan fingerprint density at radius 1 is 0.582 bits per heavy atom. The third kappa shape index (κ3) is 11.0. The van der Waals surface area contributed by atoms with Crippen LogP contribution in [0.1, 0.15) is 46.5 Å². The predicted octanol–water partition coefficient (Wildman–Crippen LogP) is 8.24. The lowest BCUT2D eigenvalue weighted by molar-refractivity contribution is -0.511. The molecule has 1 fully saturated rings. The van der Waals surface area contributed by atoms with Gasteiger partial charge in [-0.15, -0.1) is 0 Å². The molecule has 0 saturated heterocycles. The minimum Gasteiger partial charge on any atom is -0.462 e. The Morgan fingerprint density at radius 3 is 1.25 bits per heavy atom. The molecule has 0 heterocycles. The Kier molecular flexibility index (Phi) is 15.1. The van der Waals surface area contributed by atoms with Crippen molar-refractivity contribution in [3.05, 3.63) is 36.5 Å². The second kappa shape index (κ2) is 16.9. The molecule has 1 aliphatic rings. The molecule has 1 aliphatic carbocycles. The summed E-state index contributed by atoms with van der Waals surface area (Å²) >= 11 is 0. The van der Waals surface area contributed by atoms with Gasteiger partial charge in [-0.2, -0.15) is 52.7 Å². The highest BCUT2D eigenvalue weighted by Crippen LogP contribution is 2.69. The summed E-state index contributed by atoms with van der Waals surface area (Å²) in [7, 11) is 0. The van der Waals surface area contributed by atoms with E-state index in [-0.39, 0.29) is 5.57 Å². The highest BCUT2D eigenvalue weighted by molar-refractivity contribution is 5.87. The summed E-state index contributed by atoms with van der Waals surface area (Å²) in [6.45, 7) is 4.30. The van der Waals surface area contributed by atoms with E-state index in [1.54, 1.807) is 0 Å². The van der Waals surface area contributed by atoms with Gasteiger partial charge < -0.3 is 18.9 Å². The fourth-order valence-corrected chi connectivity index (χ4v) is 4.28. The summed E-state index contributed by atoms with van der Waals surface area (Å²) in [4.78, 5) is 34.0. The number of hydrogen-bond donors (Lipinski definition) is 0. The van der Waals surface area contributed by atoms with Gasteiger partial charge in [0, 0.05) is 23.1 Å². The van der Waals surface area contributed by atoms with Gasteiger partial charge in [-0.05, 0) is 20.8 Å². The number of alkyl halides is 16. The van der Waals surface area contributed by atoms with Crippen molar-refractivity contribution in [3.63, 3.8) is 0 Å². The first-order chi connectivity index (χ1) is 24.5. The Hall–Kier alpha value is -3.61. The van der Waals surface area contributed by atoms with Crippen molar-refractivity contribution in [2.45, 2.75) is 100 Å². The minimum atomic E-state index is -7.86. The van der Waals surface area contributed by atoms with Crippen LogP contribution in [0.25, 0.3) is 0 Å². The van der Waals surface area contributed by atoms with Gasteiger partial charge in [0.2, 0.25) is 0 Å². The smallest absolute Gasteiger partial charge is 0.406 e.